The third-order valence-corrected chi connectivity index (χ3v) is 6.15. The summed E-state index contributed by atoms with van der Waals surface area (Å²) in [6, 6.07) is 12.1. The van der Waals surface area contributed by atoms with Crippen molar-refractivity contribution in [3.8, 4) is 11.5 Å². The lowest BCUT2D eigenvalue weighted by Gasteiger charge is -2.37. The molecule has 0 aliphatic carbocycles. The molecule has 1 fully saturated rings. The first-order valence-electron chi connectivity index (χ1n) is 11.5. The molecule has 0 bridgehead atoms. The normalized spacial score (nSPS) is 22.4. The van der Waals surface area contributed by atoms with Crippen molar-refractivity contribution in [3.63, 3.8) is 0 Å². The number of benzene rings is 2. The van der Waals surface area contributed by atoms with Gasteiger partial charge in [-0.3, -0.25) is 4.79 Å². The minimum atomic E-state index is -0.548. The first-order valence-corrected chi connectivity index (χ1v) is 11.5. The SMILES string of the molecule is COCCNC(=O)C[C@H]1C[C@H]2c3cc(NC(=O)Nc4ccc(OC)cc4)ccc3O[C@H]2[C@H](CO)O1. The van der Waals surface area contributed by atoms with E-state index in [9.17, 15) is 14.7 Å². The monoisotopic (exact) mass is 485 g/mol. The molecule has 2 heterocycles. The molecule has 0 saturated carbocycles. The van der Waals surface area contributed by atoms with E-state index in [1.807, 2.05) is 6.07 Å². The molecular formula is C25H31N3O7. The Kier molecular flexibility index (Phi) is 8.06. The van der Waals surface area contributed by atoms with Gasteiger partial charge in [-0.05, 0) is 48.9 Å². The number of hydrogen-bond acceptors (Lipinski definition) is 7. The Morgan fingerprint density at radius 3 is 2.54 bits per heavy atom. The zero-order chi connectivity index (χ0) is 24.8. The molecule has 1 saturated heterocycles. The molecule has 10 heteroatoms. The van der Waals surface area contributed by atoms with Crippen LogP contribution in [-0.4, -0.2) is 69.3 Å². The number of urea groups is 1. The summed E-state index contributed by atoms with van der Waals surface area (Å²) in [7, 11) is 3.16. The van der Waals surface area contributed by atoms with Crippen molar-refractivity contribution >= 4 is 23.3 Å². The summed E-state index contributed by atoms with van der Waals surface area (Å²) in [6.45, 7) is 0.647. The van der Waals surface area contributed by atoms with Crippen LogP contribution in [0.3, 0.4) is 0 Å². The third kappa shape index (κ3) is 6.02. The summed E-state index contributed by atoms with van der Waals surface area (Å²) in [5, 5.41) is 18.3. The number of aliphatic hydroxyl groups excluding tert-OH is 1. The Hall–Kier alpha value is -3.34. The van der Waals surface area contributed by atoms with Crippen molar-refractivity contribution in [2.45, 2.75) is 37.1 Å². The zero-order valence-electron chi connectivity index (χ0n) is 19.8. The second-order valence-corrected chi connectivity index (χ2v) is 8.51. The minimum absolute atomic E-state index is 0.0703. The summed E-state index contributed by atoms with van der Waals surface area (Å²) in [4.78, 5) is 24.8. The van der Waals surface area contributed by atoms with E-state index in [1.54, 1.807) is 50.6 Å². The number of methoxy groups -OCH3 is 2. The molecular weight excluding hydrogens is 454 g/mol. The standard InChI is InChI=1S/C25H31N3O7/c1-32-10-9-26-23(30)13-18-12-20-19-11-16(5-8-21(19)35-24(20)22(14-29)34-18)28-25(31)27-15-3-6-17(33-2)7-4-15/h3-8,11,18,20,22,24,29H,9-10,12-14H2,1-2H3,(H,26,30)(H2,27,28,31)/t18-,20+,22+,24-/m1/s1. The van der Waals surface area contributed by atoms with E-state index in [4.69, 9.17) is 18.9 Å². The van der Waals surface area contributed by atoms with Crippen LogP contribution in [0.1, 0.15) is 24.3 Å². The van der Waals surface area contributed by atoms with Crippen LogP contribution in [0.25, 0.3) is 0 Å². The van der Waals surface area contributed by atoms with Gasteiger partial charge in [-0.2, -0.15) is 0 Å². The van der Waals surface area contributed by atoms with Gasteiger partial charge in [0.05, 0.1) is 32.8 Å². The zero-order valence-corrected chi connectivity index (χ0v) is 19.8. The van der Waals surface area contributed by atoms with Crippen molar-refractivity contribution in [1.29, 1.82) is 0 Å². The lowest BCUT2D eigenvalue weighted by Crippen LogP contribution is -2.47. The molecule has 2 aromatic carbocycles. The topological polar surface area (TPSA) is 127 Å². The van der Waals surface area contributed by atoms with Gasteiger partial charge in [0, 0.05) is 36.5 Å². The molecule has 2 aromatic rings. The number of carbonyl (C=O) groups excluding carboxylic acids is 2. The predicted octanol–water partition coefficient (Wildman–Crippen LogP) is 2.49. The van der Waals surface area contributed by atoms with Crippen LogP contribution < -0.4 is 25.4 Å². The van der Waals surface area contributed by atoms with Crippen LogP contribution in [0.5, 0.6) is 11.5 Å². The van der Waals surface area contributed by atoms with E-state index < -0.39 is 6.10 Å². The summed E-state index contributed by atoms with van der Waals surface area (Å²) < 4.78 is 22.2. The lowest BCUT2D eigenvalue weighted by atomic mass is 9.84. The highest BCUT2D eigenvalue weighted by Crippen LogP contribution is 2.47. The fourth-order valence-corrected chi connectivity index (χ4v) is 4.51. The van der Waals surface area contributed by atoms with Crippen LogP contribution in [0, 0.1) is 0 Å². The molecule has 10 nitrogen and oxygen atoms in total. The van der Waals surface area contributed by atoms with E-state index in [-0.39, 0.29) is 43.1 Å². The van der Waals surface area contributed by atoms with Gasteiger partial charge < -0.3 is 40.0 Å². The molecule has 0 radical (unpaired) electrons. The Balaban J connectivity index is 1.41. The number of rotatable bonds is 9. The average molecular weight is 486 g/mol. The quantitative estimate of drug-likeness (QED) is 0.402. The van der Waals surface area contributed by atoms with Crippen LogP contribution in [0.2, 0.25) is 0 Å². The first kappa shape index (κ1) is 24.8. The number of hydrogen-bond donors (Lipinski definition) is 4. The largest absolute Gasteiger partial charge is 0.497 e. The Morgan fingerprint density at radius 2 is 1.83 bits per heavy atom. The molecule has 0 unspecified atom stereocenters. The fourth-order valence-electron chi connectivity index (χ4n) is 4.51. The van der Waals surface area contributed by atoms with E-state index in [0.29, 0.717) is 42.4 Å². The van der Waals surface area contributed by atoms with Gasteiger partial charge in [0.25, 0.3) is 0 Å². The molecule has 0 aromatic heterocycles. The Labute approximate surface area is 203 Å². The third-order valence-electron chi connectivity index (χ3n) is 6.15. The molecule has 4 atom stereocenters. The number of fused-ring (bicyclic) bond motifs is 3. The number of ether oxygens (including phenoxy) is 4. The molecule has 2 aliphatic heterocycles. The van der Waals surface area contributed by atoms with Gasteiger partial charge in [-0.1, -0.05) is 0 Å². The molecule has 35 heavy (non-hydrogen) atoms. The fraction of sp³-hybridized carbons (Fsp3) is 0.440. The number of carbonyl (C=O) groups is 2. The van der Waals surface area contributed by atoms with Crippen molar-refractivity contribution in [2.75, 3.05) is 44.6 Å². The second-order valence-electron chi connectivity index (χ2n) is 8.51. The summed E-state index contributed by atoms with van der Waals surface area (Å²) >= 11 is 0. The molecule has 4 rings (SSSR count). The van der Waals surface area contributed by atoms with Gasteiger partial charge in [0.15, 0.2) is 0 Å². The maximum Gasteiger partial charge on any atom is 0.323 e. The van der Waals surface area contributed by atoms with Crippen molar-refractivity contribution in [3.05, 3.63) is 48.0 Å². The number of nitrogens with one attached hydrogen (secondary N) is 3. The van der Waals surface area contributed by atoms with Crippen LogP contribution in [0.4, 0.5) is 16.2 Å². The predicted molar refractivity (Wildman–Crippen MR) is 129 cm³/mol. The van der Waals surface area contributed by atoms with Crippen LogP contribution in [0.15, 0.2) is 42.5 Å². The van der Waals surface area contributed by atoms with Gasteiger partial charge >= 0.3 is 6.03 Å². The molecule has 4 N–H and O–H groups in total. The van der Waals surface area contributed by atoms with Crippen LogP contribution in [-0.2, 0) is 14.3 Å². The van der Waals surface area contributed by atoms with Crippen LogP contribution >= 0.6 is 0 Å². The summed E-state index contributed by atoms with van der Waals surface area (Å²) in [5.74, 6) is 1.19. The van der Waals surface area contributed by atoms with Gasteiger partial charge in [0.2, 0.25) is 5.91 Å². The smallest absolute Gasteiger partial charge is 0.323 e. The maximum absolute atomic E-state index is 12.5. The highest BCUT2D eigenvalue weighted by atomic mass is 16.6. The molecule has 188 valence electrons. The number of amides is 3. The van der Waals surface area contributed by atoms with E-state index in [0.717, 1.165) is 5.56 Å². The highest BCUT2D eigenvalue weighted by molar-refractivity contribution is 5.99. The Bertz CT molecular complexity index is 1030. The molecule has 0 spiro atoms. The lowest BCUT2D eigenvalue weighted by molar-refractivity contribution is -0.142. The Morgan fingerprint density at radius 1 is 1.09 bits per heavy atom. The van der Waals surface area contributed by atoms with Gasteiger partial charge in [-0.15, -0.1) is 0 Å². The van der Waals surface area contributed by atoms with E-state index in [1.165, 1.54) is 0 Å². The second kappa shape index (κ2) is 11.4. The number of aliphatic hydroxyl groups is 1. The van der Waals surface area contributed by atoms with Crippen molar-refractivity contribution in [1.82, 2.24) is 5.32 Å². The van der Waals surface area contributed by atoms with Gasteiger partial charge in [0.1, 0.15) is 23.7 Å². The minimum Gasteiger partial charge on any atom is -0.497 e. The first-order chi connectivity index (χ1) is 17.0. The number of anilines is 2. The average Bonchev–Trinajstić information content (AvgIpc) is 3.22. The summed E-state index contributed by atoms with van der Waals surface area (Å²) in [6.07, 6.45) is -0.520. The maximum atomic E-state index is 12.5. The van der Waals surface area contributed by atoms with E-state index >= 15 is 0 Å². The molecule has 2 aliphatic rings. The molecule has 3 amide bonds. The highest BCUT2D eigenvalue weighted by Gasteiger charge is 2.46. The summed E-state index contributed by atoms with van der Waals surface area (Å²) in [5.41, 5.74) is 2.17. The van der Waals surface area contributed by atoms with E-state index in [2.05, 4.69) is 16.0 Å². The van der Waals surface area contributed by atoms with Crippen molar-refractivity contribution in [2.24, 2.45) is 0 Å². The van der Waals surface area contributed by atoms with Gasteiger partial charge in [-0.25, -0.2) is 4.79 Å². The van der Waals surface area contributed by atoms with Crippen molar-refractivity contribution < 1.29 is 33.6 Å².